The standard InChI is InChI=1S/C26H40O6/c1-23-10-11-26(29-12-13-30-26)14-16(23)4-5-17-18-6-7-21(24(18,2)9-8-19(17)23)25(3)31-15-20(32-25)22(27)28/h16-21H,4-15H2,1-3H3,(H,27,28)/t16?,17-,18-,19-,20?,21-,23-,24-,25?/m0/s1. The molecule has 2 saturated heterocycles. The molecule has 0 aromatic rings. The van der Waals surface area contributed by atoms with E-state index in [1.165, 1.54) is 38.5 Å². The SMILES string of the molecule is CC1([C@H]2CC[C@H]3[C@@H]4CCC5CC6(CC[C@]5(C)[C@H]4CC[C@]23C)OCCO6)OCC(C(=O)O)O1. The molecule has 6 nitrogen and oxygen atoms in total. The number of fused-ring (bicyclic) bond motifs is 5. The molecule has 0 bridgehead atoms. The third-order valence-electron chi connectivity index (χ3n) is 11.3. The van der Waals surface area contributed by atoms with Gasteiger partial charge in [0, 0.05) is 18.8 Å². The Balaban J connectivity index is 1.22. The highest BCUT2D eigenvalue weighted by atomic mass is 16.8. The van der Waals surface area contributed by atoms with E-state index in [2.05, 4.69) is 13.8 Å². The Kier molecular flexibility index (Phi) is 4.88. The van der Waals surface area contributed by atoms with Gasteiger partial charge in [-0.05, 0) is 86.4 Å². The van der Waals surface area contributed by atoms with Gasteiger partial charge in [-0.2, -0.15) is 0 Å². The van der Waals surface area contributed by atoms with Crippen LogP contribution in [0.4, 0.5) is 0 Å². The Morgan fingerprint density at radius 3 is 2.31 bits per heavy atom. The first-order valence-corrected chi connectivity index (χ1v) is 13.0. The largest absolute Gasteiger partial charge is 0.479 e. The van der Waals surface area contributed by atoms with Crippen LogP contribution in [0.3, 0.4) is 0 Å². The van der Waals surface area contributed by atoms with Gasteiger partial charge in [-0.15, -0.1) is 0 Å². The summed E-state index contributed by atoms with van der Waals surface area (Å²) < 4.78 is 24.4. The van der Waals surface area contributed by atoms with Gasteiger partial charge in [0.15, 0.2) is 17.7 Å². The van der Waals surface area contributed by atoms with Crippen LogP contribution < -0.4 is 0 Å². The second kappa shape index (κ2) is 7.16. The fourth-order valence-electron chi connectivity index (χ4n) is 9.71. The van der Waals surface area contributed by atoms with Crippen molar-refractivity contribution in [2.24, 2.45) is 40.4 Å². The molecule has 2 aliphatic heterocycles. The molecule has 4 saturated carbocycles. The monoisotopic (exact) mass is 448 g/mol. The van der Waals surface area contributed by atoms with Gasteiger partial charge in [0.2, 0.25) is 0 Å². The van der Waals surface area contributed by atoms with Crippen LogP contribution >= 0.6 is 0 Å². The zero-order valence-corrected chi connectivity index (χ0v) is 19.9. The maximum absolute atomic E-state index is 11.5. The van der Waals surface area contributed by atoms with Gasteiger partial charge in [-0.25, -0.2) is 4.79 Å². The minimum Gasteiger partial charge on any atom is -0.479 e. The third-order valence-corrected chi connectivity index (χ3v) is 11.3. The van der Waals surface area contributed by atoms with Crippen LogP contribution in [0, 0.1) is 40.4 Å². The molecule has 4 aliphatic carbocycles. The number of carboxylic acid groups (broad SMARTS) is 1. The van der Waals surface area contributed by atoms with Gasteiger partial charge in [0.05, 0.1) is 19.8 Å². The Hall–Kier alpha value is -0.690. The molecule has 3 unspecified atom stereocenters. The van der Waals surface area contributed by atoms with Gasteiger partial charge in [0.25, 0.3) is 0 Å². The van der Waals surface area contributed by atoms with E-state index in [1.807, 2.05) is 6.92 Å². The first-order valence-electron chi connectivity index (χ1n) is 13.0. The number of ether oxygens (including phenoxy) is 4. The van der Waals surface area contributed by atoms with Crippen molar-refractivity contribution >= 4 is 5.97 Å². The Labute approximate surface area is 191 Å². The van der Waals surface area contributed by atoms with E-state index in [1.54, 1.807) is 0 Å². The molecule has 1 spiro atoms. The van der Waals surface area contributed by atoms with Crippen molar-refractivity contribution in [3.05, 3.63) is 0 Å². The van der Waals surface area contributed by atoms with Crippen LogP contribution in [0.25, 0.3) is 0 Å². The van der Waals surface area contributed by atoms with Gasteiger partial charge < -0.3 is 24.1 Å². The minimum absolute atomic E-state index is 0.167. The molecule has 0 radical (unpaired) electrons. The van der Waals surface area contributed by atoms with Crippen LogP contribution in [0.5, 0.6) is 0 Å². The first-order chi connectivity index (χ1) is 15.2. The quantitative estimate of drug-likeness (QED) is 0.665. The summed E-state index contributed by atoms with van der Waals surface area (Å²) in [7, 11) is 0. The number of carboxylic acids is 1. The van der Waals surface area contributed by atoms with E-state index in [4.69, 9.17) is 18.9 Å². The third kappa shape index (κ3) is 2.95. The van der Waals surface area contributed by atoms with Crippen LogP contribution in [-0.4, -0.2) is 48.6 Å². The number of hydrogen-bond acceptors (Lipinski definition) is 5. The van der Waals surface area contributed by atoms with Crippen molar-refractivity contribution in [2.45, 2.75) is 96.2 Å². The lowest BCUT2D eigenvalue weighted by molar-refractivity contribution is -0.241. The molecule has 6 aliphatic rings. The molecule has 0 amide bonds. The summed E-state index contributed by atoms with van der Waals surface area (Å²) in [4.78, 5) is 11.5. The molecule has 6 fully saturated rings. The lowest BCUT2D eigenvalue weighted by Crippen LogP contribution is -2.57. The maximum Gasteiger partial charge on any atom is 0.335 e. The molecule has 2 heterocycles. The van der Waals surface area contributed by atoms with Crippen molar-refractivity contribution in [1.82, 2.24) is 0 Å². The van der Waals surface area contributed by atoms with Gasteiger partial charge in [0.1, 0.15) is 0 Å². The summed E-state index contributed by atoms with van der Waals surface area (Å²) in [6.45, 7) is 8.71. The molecule has 9 atom stereocenters. The number of carbonyl (C=O) groups is 1. The van der Waals surface area contributed by atoms with Gasteiger partial charge in [-0.3, -0.25) is 0 Å². The highest BCUT2D eigenvalue weighted by molar-refractivity contribution is 5.72. The van der Waals surface area contributed by atoms with Crippen molar-refractivity contribution in [1.29, 1.82) is 0 Å². The summed E-state index contributed by atoms with van der Waals surface area (Å²) in [6.07, 6.45) is 9.88. The van der Waals surface area contributed by atoms with Crippen LogP contribution in [-0.2, 0) is 23.7 Å². The van der Waals surface area contributed by atoms with Crippen LogP contribution in [0.2, 0.25) is 0 Å². The summed E-state index contributed by atoms with van der Waals surface area (Å²) in [5.74, 6) is 1.24. The Morgan fingerprint density at radius 1 is 0.844 bits per heavy atom. The zero-order valence-electron chi connectivity index (χ0n) is 19.9. The van der Waals surface area contributed by atoms with E-state index in [0.29, 0.717) is 17.3 Å². The second-order valence-corrected chi connectivity index (χ2v) is 12.4. The molecule has 1 N–H and O–H groups in total. The maximum atomic E-state index is 11.5. The summed E-state index contributed by atoms with van der Waals surface area (Å²) >= 11 is 0. The summed E-state index contributed by atoms with van der Waals surface area (Å²) in [5, 5.41) is 9.43. The number of hydrogen-bond donors (Lipinski definition) is 1. The molecule has 6 rings (SSSR count). The van der Waals surface area contributed by atoms with E-state index in [9.17, 15) is 9.90 Å². The summed E-state index contributed by atoms with van der Waals surface area (Å²) in [5.41, 5.74) is 0.557. The highest BCUT2D eigenvalue weighted by Crippen LogP contribution is 2.69. The fourth-order valence-corrected chi connectivity index (χ4v) is 9.71. The topological polar surface area (TPSA) is 74.2 Å². The van der Waals surface area contributed by atoms with E-state index in [-0.39, 0.29) is 23.7 Å². The minimum atomic E-state index is -0.909. The molecule has 0 aromatic carbocycles. The molecule has 6 heteroatoms. The van der Waals surface area contributed by atoms with E-state index in [0.717, 1.165) is 44.3 Å². The zero-order chi connectivity index (χ0) is 22.4. The fraction of sp³-hybridized carbons (Fsp3) is 0.962. The number of aliphatic carboxylic acids is 1. The Bertz CT molecular complexity index is 778. The molecule has 180 valence electrons. The first kappa shape index (κ1) is 21.8. The predicted molar refractivity (Wildman–Crippen MR) is 117 cm³/mol. The predicted octanol–water partition coefficient (Wildman–Crippen LogP) is 4.60. The van der Waals surface area contributed by atoms with E-state index >= 15 is 0 Å². The average molecular weight is 449 g/mol. The van der Waals surface area contributed by atoms with E-state index < -0.39 is 17.9 Å². The molecule has 0 aromatic heterocycles. The van der Waals surface area contributed by atoms with Crippen LogP contribution in [0.1, 0.15) is 78.6 Å². The van der Waals surface area contributed by atoms with Crippen molar-refractivity contribution in [2.75, 3.05) is 19.8 Å². The molecular formula is C26H40O6. The van der Waals surface area contributed by atoms with Gasteiger partial charge >= 0.3 is 5.97 Å². The van der Waals surface area contributed by atoms with Crippen molar-refractivity contribution in [3.8, 4) is 0 Å². The average Bonchev–Trinajstić information content (AvgIpc) is 3.46. The number of rotatable bonds is 2. The van der Waals surface area contributed by atoms with Gasteiger partial charge in [-0.1, -0.05) is 13.8 Å². The second-order valence-electron chi connectivity index (χ2n) is 12.4. The lowest BCUT2D eigenvalue weighted by Gasteiger charge is -2.62. The van der Waals surface area contributed by atoms with Crippen LogP contribution in [0.15, 0.2) is 0 Å². The normalized spacial score (nSPS) is 54.2. The molecule has 32 heavy (non-hydrogen) atoms. The lowest BCUT2D eigenvalue weighted by atomic mass is 9.44. The highest BCUT2D eigenvalue weighted by Gasteiger charge is 2.65. The van der Waals surface area contributed by atoms with Crippen molar-refractivity contribution < 1.29 is 28.8 Å². The van der Waals surface area contributed by atoms with Crippen molar-refractivity contribution in [3.63, 3.8) is 0 Å². The Morgan fingerprint density at radius 2 is 1.59 bits per heavy atom. The molecular weight excluding hydrogens is 408 g/mol. The summed E-state index contributed by atoms with van der Waals surface area (Å²) in [6, 6.07) is 0. The smallest absolute Gasteiger partial charge is 0.335 e.